The number of aromatic amines is 1. The van der Waals surface area contributed by atoms with Gasteiger partial charge >= 0.3 is 0 Å². The summed E-state index contributed by atoms with van der Waals surface area (Å²) in [6.07, 6.45) is 0. The highest BCUT2D eigenvalue weighted by Gasteiger charge is 2.18. The normalized spacial score (nSPS) is 14.6. The Morgan fingerprint density at radius 1 is 1.08 bits per heavy atom. The SMILES string of the molecule is [O-][s+]1ccc2c1[nH]c1cc[s+]([O-])c12. The lowest BCUT2D eigenvalue weighted by molar-refractivity contribution is 0.599. The Labute approximate surface area is 79.2 Å². The Kier molecular flexibility index (Phi) is 1.35. The van der Waals surface area contributed by atoms with Crippen molar-refractivity contribution in [2.45, 2.75) is 0 Å². The zero-order valence-corrected chi connectivity index (χ0v) is 8.08. The Hall–Kier alpha value is -0.880. The maximum atomic E-state index is 11.5. The van der Waals surface area contributed by atoms with Gasteiger partial charge in [-0.3, -0.25) is 0 Å². The summed E-state index contributed by atoms with van der Waals surface area (Å²) >= 11 is 0. The fraction of sp³-hybridized carbons (Fsp3) is 0. The van der Waals surface area contributed by atoms with Crippen molar-refractivity contribution in [3.63, 3.8) is 0 Å². The second kappa shape index (κ2) is 2.33. The molecular weight excluding hydrogens is 206 g/mol. The van der Waals surface area contributed by atoms with Gasteiger partial charge in [-0.25, -0.2) is 0 Å². The number of rotatable bonds is 0. The maximum absolute atomic E-state index is 11.5. The fourth-order valence-electron chi connectivity index (χ4n) is 1.53. The molecule has 2 atom stereocenters. The predicted molar refractivity (Wildman–Crippen MR) is 53.1 cm³/mol. The first-order valence-corrected chi connectivity index (χ1v) is 6.13. The molecule has 0 aliphatic rings. The van der Waals surface area contributed by atoms with Gasteiger partial charge in [0.25, 0.3) is 4.83 Å². The Morgan fingerprint density at radius 2 is 1.85 bits per heavy atom. The average Bonchev–Trinajstić information content (AvgIpc) is 2.69. The molecule has 3 aromatic rings. The summed E-state index contributed by atoms with van der Waals surface area (Å²) in [7, 11) is -2.14. The molecule has 0 saturated carbocycles. The minimum atomic E-state index is -1.07. The molecule has 0 spiro atoms. The van der Waals surface area contributed by atoms with Crippen LogP contribution in [0.25, 0.3) is 20.4 Å². The standard InChI is InChI=1S/C8H5NO2S2/c10-12-4-2-6-7(12)5-1-3-13(11)8(5)9-6/h1-4,9H. The van der Waals surface area contributed by atoms with Gasteiger partial charge in [0.05, 0.1) is 0 Å². The molecule has 3 aromatic heterocycles. The lowest BCUT2D eigenvalue weighted by Crippen LogP contribution is -1.59. The van der Waals surface area contributed by atoms with E-state index in [9.17, 15) is 9.11 Å². The molecule has 13 heavy (non-hydrogen) atoms. The lowest BCUT2D eigenvalue weighted by atomic mass is 10.4. The molecule has 1 N–H and O–H groups in total. The van der Waals surface area contributed by atoms with Crippen LogP contribution in [0, 0.1) is 0 Å². The summed E-state index contributed by atoms with van der Waals surface area (Å²) in [4.78, 5) is 3.69. The molecule has 66 valence electrons. The van der Waals surface area contributed by atoms with Crippen LogP contribution in [0.2, 0.25) is 0 Å². The van der Waals surface area contributed by atoms with E-state index in [1.807, 2.05) is 0 Å². The van der Waals surface area contributed by atoms with Crippen LogP contribution in [-0.2, 0) is 0 Å². The zero-order valence-electron chi connectivity index (χ0n) is 6.44. The molecule has 0 fully saturated rings. The van der Waals surface area contributed by atoms with Crippen molar-refractivity contribution < 1.29 is 9.11 Å². The second-order valence-electron chi connectivity index (χ2n) is 2.81. The second-order valence-corrected chi connectivity index (χ2v) is 5.36. The quantitative estimate of drug-likeness (QED) is 0.581. The lowest BCUT2D eigenvalue weighted by Gasteiger charge is -1.83. The van der Waals surface area contributed by atoms with Gasteiger partial charge in [0.2, 0.25) is 4.70 Å². The van der Waals surface area contributed by atoms with Gasteiger partial charge in [0, 0.05) is 12.1 Å². The molecule has 0 aromatic carbocycles. The number of hydrogen-bond acceptors (Lipinski definition) is 2. The van der Waals surface area contributed by atoms with E-state index in [0.29, 0.717) is 4.83 Å². The van der Waals surface area contributed by atoms with Gasteiger partial charge in [0.15, 0.2) is 0 Å². The van der Waals surface area contributed by atoms with Crippen LogP contribution in [0.5, 0.6) is 0 Å². The smallest absolute Gasteiger partial charge is 0.257 e. The molecule has 0 bridgehead atoms. The summed E-state index contributed by atoms with van der Waals surface area (Å²) in [6.45, 7) is 0. The van der Waals surface area contributed by atoms with E-state index >= 15 is 0 Å². The van der Waals surface area contributed by atoms with Crippen molar-refractivity contribution in [2.75, 3.05) is 0 Å². The first-order valence-electron chi connectivity index (χ1n) is 3.71. The van der Waals surface area contributed by atoms with Crippen LogP contribution in [0.4, 0.5) is 0 Å². The highest BCUT2D eigenvalue weighted by molar-refractivity contribution is 7.33. The van der Waals surface area contributed by atoms with E-state index in [-0.39, 0.29) is 0 Å². The van der Waals surface area contributed by atoms with Crippen LogP contribution in [0.3, 0.4) is 0 Å². The number of H-pyrrole nitrogens is 1. The summed E-state index contributed by atoms with van der Waals surface area (Å²) in [5, 5.41) is 4.09. The summed E-state index contributed by atoms with van der Waals surface area (Å²) in [5.74, 6) is 0. The number of fused-ring (bicyclic) bond motifs is 3. The third-order valence-corrected chi connectivity index (χ3v) is 4.43. The molecule has 0 radical (unpaired) electrons. The highest BCUT2D eigenvalue weighted by atomic mass is 32.2. The van der Waals surface area contributed by atoms with Gasteiger partial charge in [-0.15, -0.1) is 0 Å². The van der Waals surface area contributed by atoms with Crippen molar-refractivity contribution >= 4 is 41.9 Å². The summed E-state index contributed by atoms with van der Waals surface area (Å²) < 4.78 is 23.6. The summed E-state index contributed by atoms with van der Waals surface area (Å²) in [6, 6.07) is 3.54. The molecular formula is C8H5NO2S2. The van der Waals surface area contributed by atoms with E-state index in [4.69, 9.17) is 0 Å². The van der Waals surface area contributed by atoms with E-state index < -0.39 is 21.5 Å². The van der Waals surface area contributed by atoms with Crippen molar-refractivity contribution in [2.24, 2.45) is 0 Å². The van der Waals surface area contributed by atoms with Gasteiger partial charge in [0.1, 0.15) is 21.7 Å². The van der Waals surface area contributed by atoms with Gasteiger partial charge < -0.3 is 14.1 Å². The van der Waals surface area contributed by atoms with Crippen LogP contribution in [0.1, 0.15) is 0 Å². The number of hydrogen-bond donors (Lipinski definition) is 1. The maximum Gasteiger partial charge on any atom is 0.257 e. The van der Waals surface area contributed by atoms with E-state index in [2.05, 4.69) is 4.98 Å². The minimum Gasteiger partial charge on any atom is -0.590 e. The highest BCUT2D eigenvalue weighted by Crippen LogP contribution is 2.39. The zero-order chi connectivity index (χ0) is 9.00. The molecule has 0 aliphatic carbocycles. The largest absolute Gasteiger partial charge is 0.590 e. The molecule has 3 rings (SSSR count). The van der Waals surface area contributed by atoms with Crippen LogP contribution in [-0.4, -0.2) is 14.1 Å². The van der Waals surface area contributed by atoms with E-state index in [0.717, 1.165) is 15.6 Å². The molecule has 5 heteroatoms. The van der Waals surface area contributed by atoms with Crippen LogP contribution in [0.15, 0.2) is 22.9 Å². The molecule has 3 heterocycles. The van der Waals surface area contributed by atoms with Crippen molar-refractivity contribution in [3.05, 3.63) is 22.9 Å². The van der Waals surface area contributed by atoms with Gasteiger partial charge in [-0.05, 0) is 21.5 Å². The number of aromatic nitrogens is 1. The Bertz CT molecular complexity index is 590. The van der Waals surface area contributed by atoms with Crippen LogP contribution < -0.4 is 0 Å². The fourth-order valence-corrected chi connectivity index (χ4v) is 3.71. The molecule has 3 nitrogen and oxygen atoms in total. The summed E-state index contributed by atoms with van der Waals surface area (Å²) in [5.41, 5.74) is 0.834. The minimum absolute atomic E-state index is 0.683. The monoisotopic (exact) mass is 211 g/mol. The molecule has 0 amide bonds. The van der Waals surface area contributed by atoms with Gasteiger partial charge in [-0.2, -0.15) is 0 Å². The van der Waals surface area contributed by atoms with E-state index in [1.54, 1.807) is 22.9 Å². The topological polar surface area (TPSA) is 61.9 Å². The van der Waals surface area contributed by atoms with Crippen molar-refractivity contribution in [1.82, 2.24) is 4.98 Å². The first-order chi connectivity index (χ1) is 6.27. The Balaban J connectivity index is 2.66. The predicted octanol–water partition coefficient (Wildman–Crippen LogP) is 2.78. The molecule has 2 unspecified atom stereocenters. The Morgan fingerprint density at radius 3 is 2.69 bits per heavy atom. The van der Waals surface area contributed by atoms with Crippen LogP contribution >= 0.6 is 21.5 Å². The number of thiophene rings is 2. The number of nitrogens with one attached hydrogen (secondary N) is 1. The first kappa shape index (κ1) is 7.52. The van der Waals surface area contributed by atoms with Crippen molar-refractivity contribution in [1.29, 1.82) is 0 Å². The van der Waals surface area contributed by atoms with Gasteiger partial charge in [-0.1, -0.05) is 0 Å². The molecule has 0 saturated heterocycles. The third-order valence-electron chi connectivity index (χ3n) is 2.10. The van der Waals surface area contributed by atoms with Crippen molar-refractivity contribution in [3.8, 4) is 0 Å². The third kappa shape index (κ3) is 0.843. The van der Waals surface area contributed by atoms with E-state index in [1.165, 1.54) is 0 Å². The average molecular weight is 211 g/mol. The molecule has 0 aliphatic heterocycles.